The molecule has 0 bridgehead atoms. The second kappa shape index (κ2) is 7.46. The number of nitrogens with zero attached hydrogens (tertiary/aromatic N) is 2. The van der Waals surface area contributed by atoms with Crippen molar-refractivity contribution in [1.29, 1.82) is 0 Å². The van der Waals surface area contributed by atoms with Crippen LogP contribution in [0.15, 0.2) is 65.6 Å². The molecule has 6 rings (SSSR count). The lowest BCUT2D eigenvalue weighted by atomic mass is 10.2. The number of thiazole rings is 1. The first-order valence-corrected chi connectivity index (χ1v) is 12.5. The number of hydrogen-bond acceptors (Lipinski definition) is 7. The van der Waals surface area contributed by atoms with Gasteiger partial charge in [-0.25, -0.2) is 13.4 Å². The van der Waals surface area contributed by atoms with E-state index in [9.17, 15) is 13.2 Å². The third-order valence-electron chi connectivity index (χ3n) is 5.65. The summed E-state index contributed by atoms with van der Waals surface area (Å²) in [4.78, 5) is 17.3. The van der Waals surface area contributed by atoms with Crippen LogP contribution in [0.4, 0.5) is 10.8 Å². The molecule has 0 atom stereocenters. The molecule has 1 aromatic heterocycles. The highest BCUT2D eigenvalue weighted by atomic mass is 32.2. The Hall–Kier alpha value is -3.63. The van der Waals surface area contributed by atoms with Gasteiger partial charge in [0.05, 0.1) is 20.8 Å². The van der Waals surface area contributed by atoms with Gasteiger partial charge in [-0.15, -0.1) is 0 Å². The van der Waals surface area contributed by atoms with E-state index in [4.69, 9.17) is 9.47 Å². The number of carbonyl (C=O) groups is 1. The lowest BCUT2D eigenvalue weighted by Crippen LogP contribution is -2.29. The van der Waals surface area contributed by atoms with Gasteiger partial charge in [-0.1, -0.05) is 29.5 Å². The third-order valence-corrected chi connectivity index (χ3v) is 8.41. The predicted molar refractivity (Wildman–Crippen MR) is 125 cm³/mol. The predicted octanol–water partition coefficient (Wildman–Crippen LogP) is 4.03. The molecule has 0 unspecified atom stereocenters. The van der Waals surface area contributed by atoms with Crippen molar-refractivity contribution >= 4 is 48.3 Å². The Morgan fingerprint density at radius 1 is 1.03 bits per heavy atom. The van der Waals surface area contributed by atoms with Crippen molar-refractivity contribution in [2.45, 2.75) is 11.3 Å². The summed E-state index contributed by atoms with van der Waals surface area (Å²) in [7, 11) is -3.71. The van der Waals surface area contributed by atoms with Crippen molar-refractivity contribution in [2.24, 2.45) is 0 Å². The number of benzene rings is 3. The van der Waals surface area contributed by atoms with E-state index in [1.165, 1.54) is 39.9 Å². The van der Waals surface area contributed by atoms with Crippen LogP contribution in [-0.4, -0.2) is 32.6 Å². The lowest BCUT2D eigenvalue weighted by molar-refractivity contribution is 0.102. The molecule has 0 radical (unpaired) electrons. The van der Waals surface area contributed by atoms with Crippen molar-refractivity contribution in [1.82, 2.24) is 4.98 Å². The van der Waals surface area contributed by atoms with Crippen molar-refractivity contribution in [3.8, 4) is 11.5 Å². The maximum Gasteiger partial charge on any atom is 0.264 e. The Balaban J connectivity index is 1.21. The molecule has 0 spiro atoms. The second-order valence-electron chi connectivity index (χ2n) is 7.63. The maximum absolute atomic E-state index is 13.1. The van der Waals surface area contributed by atoms with Gasteiger partial charge in [-0.3, -0.25) is 14.4 Å². The third kappa shape index (κ3) is 3.38. The lowest BCUT2D eigenvalue weighted by Gasteiger charge is -2.19. The van der Waals surface area contributed by atoms with Gasteiger partial charge in [0.15, 0.2) is 16.6 Å². The molecule has 8 nitrogen and oxygen atoms in total. The van der Waals surface area contributed by atoms with Crippen LogP contribution >= 0.6 is 11.3 Å². The largest absolute Gasteiger partial charge is 0.454 e. The van der Waals surface area contributed by atoms with E-state index in [1.54, 1.807) is 6.07 Å². The van der Waals surface area contributed by atoms with Gasteiger partial charge in [0.2, 0.25) is 6.79 Å². The summed E-state index contributed by atoms with van der Waals surface area (Å²) in [5, 5.41) is 3.21. The van der Waals surface area contributed by atoms with E-state index >= 15 is 0 Å². The number of nitrogens with one attached hydrogen (secondary N) is 1. The van der Waals surface area contributed by atoms with Crippen LogP contribution in [0.3, 0.4) is 0 Å². The highest BCUT2D eigenvalue weighted by Gasteiger charge is 2.30. The molecule has 3 heterocycles. The molecule has 10 heteroatoms. The number of amides is 1. The monoisotopic (exact) mass is 479 g/mol. The molecule has 0 fully saturated rings. The fourth-order valence-corrected chi connectivity index (χ4v) is 6.38. The first-order valence-electron chi connectivity index (χ1n) is 10.2. The molecule has 2 aliphatic heterocycles. The summed E-state index contributed by atoms with van der Waals surface area (Å²) in [5.41, 5.74) is 2.75. The summed E-state index contributed by atoms with van der Waals surface area (Å²) >= 11 is 1.32. The average Bonchev–Trinajstić information content (AvgIpc) is 3.54. The Bertz CT molecular complexity index is 1470. The molecule has 3 aromatic carbocycles. The molecule has 1 amide bonds. The molecule has 0 saturated carbocycles. The molecule has 2 aliphatic rings. The van der Waals surface area contributed by atoms with Crippen molar-refractivity contribution in [2.75, 3.05) is 23.0 Å². The minimum absolute atomic E-state index is 0.144. The van der Waals surface area contributed by atoms with Crippen LogP contribution in [0.25, 0.3) is 10.2 Å². The van der Waals surface area contributed by atoms with E-state index in [-0.39, 0.29) is 17.6 Å². The molecular weight excluding hydrogens is 462 g/mol. The topological polar surface area (TPSA) is 97.8 Å². The van der Waals surface area contributed by atoms with Crippen LogP contribution in [0.2, 0.25) is 0 Å². The van der Waals surface area contributed by atoms with Crippen LogP contribution < -0.4 is 19.1 Å². The molecule has 166 valence electrons. The summed E-state index contributed by atoms with van der Waals surface area (Å²) in [6.07, 6.45) is 0.680. The van der Waals surface area contributed by atoms with Crippen LogP contribution in [0.1, 0.15) is 15.9 Å². The van der Waals surface area contributed by atoms with Gasteiger partial charge in [0.25, 0.3) is 15.9 Å². The van der Waals surface area contributed by atoms with Crippen molar-refractivity contribution in [3.63, 3.8) is 0 Å². The quantitative estimate of drug-likeness (QED) is 0.475. The number of fused-ring (bicyclic) bond motifs is 3. The van der Waals surface area contributed by atoms with E-state index in [0.29, 0.717) is 46.4 Å². The van der Waals surface area contributed by atoms with Crippen molar-refractivity contribution < 1.29 is 22.7 Å². The standard InChI is InChI=1S/C23H17N3O5S2/c27-22(25-23-24-17-11-19-20(31-13-30-19)12-21(17)32-23)15-5-7-16(8-6-15)33(28,29)26-10-9-14-3-1-2-4-18(14)26/h1-8,11-12H,9-10,13H2,(H,24,25,27). The number of sulfonamides is 1. The minimum atomic E-state index is -3.71. The number of rotatable bonds is 4. The number of hydrogen-bond donors (Lipinski definition) is 1. The number of carbonyl (C=O) groups excluding carboxylic acids is 1. The summed E-state index contributed by atoms with van der Waals surface area (Å²) < 4.78 is 39.3. The van der Waals surface area contributed by atoms with Gasteiger partial charge < -0.3 is 9.47 Å². The van der Waals surface area contributed by atoms with Gasteiger partial charge in [-0.05, 0) is 42.3 Å². The second-order valence-corrected chi connectivity index (χ2v) is 10.5. The van der Waals surface area contributed by atoms with Gasteiger partial charge in [-0.2, -0.15) is 0 Å². The SMILES string of the molecule is O=C(Nc1nc2cc3c(cc2s1)OCO3)c1ccc(S(=O)(=O)N2CCc3ccccc32)cc1. The van der Waals surface area contributed by atoms with Crippen LogP contribution in [0.5, 0.6) is 11.5 Å². The van der Waals surface area contributed by atoms with Crippen LogP contribution in [-0.2, 0) is 16.4 Å². The van der Waals surface area contributed by atoms with Gasteiger partial charge >= 0.3 is 0 Å². The normalized spacial score (nSPS) is 14.5. The number of anilines is 2. The first kappa shape index (κ1) is 20.0. The van der Waals surface area contributed by atoms with E-state index in [2.05, 4.69) is 10.3 Å². The van der Waals surface area contributed by atoms with E-state index in [1.807, 2.05) is 30.3 Å². The average molecular weight is 480 g/mol. The highest BCUT2D eigenvalue weighted by Crippen LogP contribution is 2.39. The zero-order chi connectivity index (χ0) is 22.6. The Morgan fingerprint density at radius 2 is 1.79 bits per heavy atom. The molecule has 0 aliphatic carbocycles. The molecular formula is C23H17N3O5S2. The molecule has 33 heavy (non-hydrogen) atoms. The minimum Gasteiger partial charge on any atom is -0.454 e. The Kier molecular flexibility index (Phi) is 4.52. The zero-order valence-electron chi connectivity index (χ0n) is 17.1. The molecule has 1 N–H and O–H groups in total. The number of ether oxygens (including phenoxy) is 2. The van der Waals surface area contributed by atoms with Gasteiger partial charge in [0.1, 0.15) is 0 Å². The number of aromatic nitrogens is 1. The van der Waals surface area contributed by atoms with E-state index in [0.717, 1.165) is 10.3 Å². The van der Waals surface area contributed by atoms with Crippen LogP contribution in [0, 0.1) is 0 Å². The highest BCUT2D eigenvalue weighted by molar-refractivity contribution is 7.92. The zero-order valence-corrected chi connectivity index (χ0v) is 18.8. The number of para-hydroxylation sites is 1. The van der Waals surface area contributed by atoms with E-state index < -0.39 is 10.0 Å². The maximum atomic E-state index is 13.1. The van der Waals surface area contributed by atoms with Crippen molar-refractivity contribution in [3.05, 3.63) is 71.8 Å². The smallest absolute Gasteiger partial charge is 0.264 e. The fraction of sp³-hybridized carbons (Fsp3) is 0.130. The summed E-state index contributed by atoms with van der Waals surface area (Å²) in [6, 6.07) is 17.0. The Morgan fingerprint density at radius 3 is 2.61 bits per heavy atom. The summed E-state index contributed by atoms with van der Waals surface area (Å²) in [6.45, 7) is 0.590. The fourth-order valence-electron chi connectivity index (χ4n) is 4.00. The first-order chi connectivity index (χ1) is 16.0. The molecule has 0 saturated heterocycles. The van der Waals surface area contributed by atoms with Gasteiger partial charge in [0, 0.05) is 24.2 Å². The Labute approximate surface area is 193 Å². The summed E-state index contributed by atoms with van der Waals surface area (Å²) in [5.74, 6) is 0.911. The molecule has 4 aromatic rings.